The van der Waals surface area contributed by atoms with Gasteiger partial charge < -0.3 is 10.0 Å². The second kappa shape index (κ2) is 6.72. The summed E-state index contributed by atoms with van der Waals surface area (Å²) >= 11 is 3.36. The van der Waals surface area contributed by atoms with Gasteiger partial charge in [-0.05, 0) is 59.6 Å². The zero-order valence-electron chi connectivity index (χ0n) is 12.0. The number of halogens is 1. The number of phenolic OH excluding ortho intramolecular Hbond substituents is 1. The lowest BCUT2D eigenvalue weighted by atomic mass is 10.1. The number of nitrogens with zero attached hydrogens (tertiary/aromatic N) is 2. The molecule has 1 atom stereocenters. The number of hydrogen-bond acceptors (Lipinski definition) is 3. The van der Waals surface area contributed by atoms with Crippen molar-refractivity contribution in [1.29, 1.82) is 0 Å². The fraction of sp³-hybridized carbons (Fsp3) is 0.250. The molecule has 0 aliphatic carbocycles. The molecular weight excluding hydrogens is 332 g/mol. The third-order valence-electron chi connectivity index (χ3n) is 3.38. The molecule has 0 saturated carbocycles. The molecule has 4 nitrogen and oxygen atoms in total. The molecule has 1 heterocycles. The first-order chi connectivity index (χ1) is 10.0. The predicted molar refractivity (Wildman–Crippen MR) is 85.2 cm³/mol. The van der Waals surface area contributed by atoms with Crippen molar-refractivity contribution >= 4 is 21.8 Å². The number of phenols is 1. The van der Waals surface area contributed by atoms with Gasteiger partial charge in [0, 0.05) is 17.2 Å². The van der Waals surface area contributed by atoms with E-state index < -0.39 is 0 Å². The van der Waals surface area contributed by atoms with Crippen LogP contribution >= 0.6 is 15.9 Å². The molecule has 1 aromatic carbocycles. The average molecular weight is 349 g/mol. The Bertz CT molecular complexity index is 646. The Balaban J connectivity index is 2.31. The van der Waals surface area contributed by atoms with Gasteiger partial charge in [0.1, 0.15) is 11.4 Å². The van der Waals surface area contributed by atoms with Gasteiger partial charge in [-0.25, -0.2) is 4.98 Å². The van der Waals surface area contributed by atoms with E-state index in [4.69, 9.17) is 0 Å². The van der Waals surface area contributed by atoms with Crippen LogP contribution in [0.2, 0.25) is 0 Å². The van der Waals surface area contributed by atoms with Gasteiger partial charge in [-0.1, -0.05) is 12.1 Å². The van der Waals surface area contributed by atoms with Crippen LogP contribution in [0.4, 0.5) is 0 Å². The Morgan fingerprint density at radius 2 is 2.14 bits per heavy atom. The van der Waals surface area contributed by atoms with E-state index in [1.54, 1.807) is 41.4 Å². The van der Waals surface area contributed by atoms with Crippen LogP contribution in [0.3, 0.4) is 0 Å². The number of carbonyl (C=O) groups is 1. The van der Waals surface area contributed by atoms with Crippen molar-refractivity contribution in [1.82, 2.24) is 9.88 Å². The van der Waals surface area contributed by atoms with Crippen molar-refractivity contribution in [2.75, 3.05) is 6.54 Å². The summed E-state index contributed by atoms with van der Waals surface area (Å²) in [6, 6.07) is 10.4. The Hall–Kier alpha value is -1.88. The number of hydrogen-bond donors (Lipinski definition) is 1. The minimum atomic E-state index is -0.150. The highest BCUT2D eigenvalue weighted by Crippen LogP contribution is 2.26. The fourth-order valence-corrected chi connectivity index (χ4v) is 2.66. The van der Waals surface area contributed by atoms with Crippen LogP contribution in [0.1, 0.15) is 35.9 Å². The molecule has 0 radical (unpaired) electrons. The van der Waals surface area contributed by atoms with Gasteiger partial charge in [-0.2, -0.15) is 0 Å². The monoisotopic (exact) mass is 348 g/mol. The zero-order valence-corrected chi connectivity index (χ0v) is 13.5. The van der Waals surface area contributed by atoms with Crippen LogP contribution in [0.5, 0.6) is 5.75 Å². The van der Waals surface area contributed by atoms with E-state index in [0.717, 1.165) is 5.56 Å². The van der Waals surface area contributed by atoms with Crippen molar-refractivity contribution in [2.24, 2.45) is 0 Å². The summed E-state index contributed by atoms with van der Waals surface area (Å²) in [5.74, 6) is 0.0580. The van der Waals surface area contributed by atoms with E-state index in [9.17, 15) is 9.90 Å². The quantitative estimate of drug-likeness (QED) is 0.914. The highest BCUT2D eigenvalue weighted by atomic mass is 79.9. The summed E-state index contributed by atoms with van der Waals surface area (Å²) in [6.45, 7) is 4.42. The smallest absolute Gasteiger partial charge is 0.274 e. The molecule has 0 fully saturated rings. The first kappa shape index (κ1) is 15.5. The van der Waals surface area contributed by atoms with Gasteiger partial charge >= 0.3 is 0 Å². The van der Waals surface area contributed by atoms with Gasteiger partial charge in [0.25, 0.3) is 5.91 Å². The molecule has 1 aromatic heterocycles. The van der Waals surface area contributed by atoms with Crippen LogP contribution in [-0.2, 0) is 0 Å². The summed E-state index contributed by atoms with van der Waals surface area (Å²) in [5, 5.41) is 9.59. The molecule has 0 bridgehead atoms. The standard InChI is InChI=1S/C16H17BrN2O2/c1-3-19(11(2)12-6-4-7-13(20)10-12)16(21)15-14(17)8-5-9-18-15/h4-11,20H,3H2,1-2H3. The van der Waals surface area contributed by atoms with E-state index >= 15 is 0 Å². The lowest BCUT2D eigenvalue weighted by Gasteiger charge is -2.28. The molecule has 0 aliphatic rings. The minimum absolute atomic E-state index is 0.138. The van der Waals surface area contributed by atoms with Gasteiger partial charge in [-0.15, -0.1) is 0 Å². The maximum Gasteiger partial charge on any atom is 0.274 e. The number of amides is 1. The molecule has 1 unspecified atom stereocenters. The van der Waals surface area contributed by atoms with E-state index in [1.807, 2.05) is 19.9 Å². The summed E-state index contributed by atoms with van der Waals surface area (Å²) in [7, 11) is 0. The lowest BCUT2D eigenvalue weighted by Crippen LogP contribution is -2.34. The van der Waals surface area contributed by atoms with Gasteiger partial charge in [0.05, 0.1) is 6.04 Å². The van der Waals surface area contributed by atoms with E-state index in [0.29, 0.717) is 16.7 Å². The molecule has 2 aromatic rings. The molecular formula is C16H17BrN2O2. The van der Waals surface area contributed by atoms with Crippen molar-refractivity contribution in [3.63, 3.8) is 0 Å². The Kier molecular flexibility index (Phi) is 4.96. The van der Waals surface area contributed by atoms with Crippen molar-refractivity contribution in [2.45, 2.75) is 19.9 Å². The number of rotatable bonds is 4. The number of aromatic hydroxyl groups is 1. The SMILES string of the molecule is CCN(C(=O)c1ncccc1Br)C(C)c1cccc(O)c1. The summed E-state index contributed by atoms with van der Waals surface area (Å²) in [4.78, 5) is 18.5. The first-order valence-corrected chi connectivity index (χ1v) is 7.54. The molecule has 1 N–H and O–H groups in total. The molecule has 0 spiro atoms. The molecule has 1 amide bonds. The van der Waals surface area contributed by atoms with Gasteiger partial charge in [-0.3, -0.25) is 4.79 Å². The molecule has 5 heteroatoms. The van der Waals surface area contributed by atoms with E-state index in [2.05, 4.69) is 20.9 Å². The molecule has 0 saturated heterocycles. The normalized spacial score (nSPS) is 12.0. The van der Waals surface area contributed by atoms with E-state index in [1.165, 1.54) is 0 Å². The van der Waals surface area contributed by atoms with Gasteiger partial charge in [0.2, 0.25) is 0 Å². The van der Waals surface area contributed by atoms with Gasteiger partial charge in [0.15, 0.2) is 0 Å². The third kappa shape index (κ3) is 3.42. The summed E-state index contributed by atoms with van der Waals surface area (Å²) in [5.41, 5.74) is 1.28. The molecule has 0 aliphatic heterocycles. The number of carbonyl (C=O) groups excluding carboxylic acids is 1. The highest BCUT2D eigenvalue weighted by molar-refractivity contribution is 9.10. The van der Waals surface area contributed by atoms with E-state index in [-0.39, 0.29) is 17.7 Å². The molecule has 2 rings (SSSR count). The van der Waals surface area contributed by atoms with Crippen LogP contribution in [0, 0.1) is 0 Å². The Morgan fingerprint density at radius 3 is 2.76 bits per heavy atom. The second-order valence-corrected chi connectivity index (χ2v) is 5.55. The maximum atomic E-state index is 12.7. The maximum absolute atomic E-state index is 12.7. The second-order valence-electron chi connectivity index (χ2n) is 4.70. The van der Waals surface area contributed by atoms with Crippen molar-refractivity contribution < 1.29 is 9.90 Å². The lowest BCUT2D eigenvalue weighted by molar-refractivity contribution is 0.0695. The Labute approximate surface area is 132 Å². The number of aromatic nitrogens is 1. The predicted octanol–water partition coefficient (Wildman–Crippen LogP) is 3.77. The van der Waals surface area contributed by atoms with Crippen LogP contribution < -0.4 is 0 Å². The van der Waals surface area contributed by atoms with Crippen molar-refractivity contribution in [3.05, 3.63) is 58.3 Å². The largest absolute Gasteiger partial charge is 0.508 e. The number of pyridine rings is 1. The fourth-order valence-electron chi connectivity index (χ4n) is 2.24. The molecule has 110 valence electrons. The van der Waals surface area contributed by atoms with Crippen molar-refractivity contribution in [3.8, 4) is 5.75 Å². The Morgan fingerprint density at radius 1 is 1.38 bits per heavy atom. The van der Waals surface area contributed by atoms with Crippen LogP contribution in [-0.4, -0.2) is 27.4 Å². The summed E-state index contributed by atoms with van der Waals surface area (Å²) in [6.07, 6.45) is 1.60. The topological polar surface area (TPSA) is 53.4 Å². The number of benzene rings is 1. The first-order valence-electron chi connectivity index (χ1n) is 6.75. The third-order valence-corrected chi connectivity index (χ3v) is 4.02. The zero-order chi connectivity index (χ0) is 15.4. The average Bonchev–Trinajstić information content (AvgIpc) is 2.48. The minimum Gasteiger partial charge on any atom is -0.508 e. The van der Waals surface area contributed by atoms with Crippen LogP contribution in [0.25, 0.3) is 0 Å². The highest BCUT2D eigenvalue weighted by Gasteiger charge is 2.23. The molecule has 21 heavy (non-hydrogen) atoms. The van der Waals surface area contributed by atoms with Crippen LogP contribution in [0.15, 0.2) is 47.1 Å². The summed E-state index contributed by atoms with van der Waals surface area (Å²) < 4.78 is 0.677.